The maximum absolute atomic E-state index is 5.74. The maximum Gasteiger partial charge on any atom is 0.130 e. The quantitative estimate of drug-likeness (QED) is 0.776. The van der Waals surface area contributed by atoms with E-state index in [2.05, 4.69) is 30.8 Å². The van der Waals surface area contributed by atoms with E-state index < -0.39 is 0 Å². The van der Waals surface area contributed by atoms with Crippen molar-refractivity contribution in [3.63, 3.8) is 0 Å². The van der Waals surface area contributed by atoms with E-state index in [1.54, 1.807) is 7.11 Å². The highest BCUT2D eigenvalue weighted by Crippen LogP contribution is 2.26. The lowest BCUT2D eigenvalue weighted by Crippen LogP contribution is -2.37. The summed E-state index contributed by atoms with van der Waals surface area (Å²) in [5.41, 5.74) is 8.08. The van der Waals surface area contributed by atoms with Gasteiger partial charge in [0.2, 0.25) is 0 Å². The summed E-state index contributed by atoms with van der Waals surface area (Å²) in [5, 5.41) is 4.55. The second kappa shape index (κ2) is 7.50. The Hall–Kier alpha value is -1.07. The lowest BCUT2D eigenvalue weighted by Gasteiger charge is -2.31. The topological polar surface area (TPSA) is 56.3 Å². The van der Waals surface area contributed by atoms with Gasteiger partial charge in [0.05, 0.1) is 12.3 Å². The fraction of sp³-hybridized carbons (Fsp3) is 0.786. The Kier molecular flexibility index (Phi) is 6.31. The molecule has 2 N–H and O–H groups in total. The van der Waals surface area contributed by atoms with Crippen LogP contribution in [-0.4, -0.2) is 42.6 Å². The molecular weight excluding hydrogens is 240 g/mol. The van der Waals surface area contributed by atoms with Crippen molar-refractivity contribution in [1.29, 1.82) is 0 Å². The molecule has 1 heterocycles. The number of hydrogen-bond acceptors (Lipinski definition) is 4. The molecule has 0 saturated heterocycles. The van der Waals surface area contributed by atoms with Gasteiger partial charge in [0, 0.05) is 32.3 Å². The van der Waals surface area contributed by atoms with Crippen LogP contribution in [0.5, 0.6) is 0 Å². The molecule has 0 aliphatic rings. The predicted octanol–water partition coefficient (Wildman–Crippen LogP) is 1.48. The number of ether oxygens (including phenoxy) is 1. The molecule has 0 aliphatic carbocycles. The maximum atomic E-state index is 5.74. The number of nitrogens with zero attached hydrogens (tertiary/aromatic N) is 3. The molecular formula is C14H28N4O. The first-order valence-corrected chi connectivity index (χ1v) is 7.04. The Morgan fingerprint density at radius 2 is 2.16 bits per heavy atom. The molecule has 0 saturated carbocycles. The molecule has 0 fully saturated rings. The van der Waals surface area contributed by atoms with E-state index in [1.807, 2.05) is 11.7 Å². The van der Waals surface area contributed by atoms with Gasteiger partial charge in [-0.15, -0.1) is 0 Å². The Bertz CT molecular complexity index is 389. The summed E-state index contributed by atoms with van der Waals surface area (Å²) in [7, 11) is 3.74. The van der Waals surface area contributed by atoms with Gasteiger partial charge in [-0.05, 0) is 33.2 Å². The molecule has 0 bridgehead atoms. The van der Waals surface area contributed by atoms with Gasteiger partial charge in [0.25, 0.3) is 0 Å². The van der Waals surface area contributed by atoms with E-state index in [-0.39, 0.29) is 0 Å². The SMILES string of the molecule is CCC(C)N(CCOC)c1c(CCN)c(C)nn1C. The molecule has 1 unspecified atom stereocenters. The molecule has 1 atom stereocenters. The highest BCUT2D eigenvalue weighted by molar-refractivity contribution is 5.51. The lowest BCUT2D eigenvalue weighted by atomic mass is 10.1. The van der Waals surface area contributed by atoms with Gasteiger partial charge in [-0.25, -0.2) is 0 Å². The van der Waals surface area contributed by atoms with Crippen molar-refractivity contribution in [2.45, 2.75) is 39.7 Å². The van der Waals surface area contributed by atoms with Crippen LogP contribution in [0.2, 0.25) is 0 Å². The minimum absolute atomic E-state index is 0.460. The summed E-state index contributed by atoms with van der Waals surface area (Å²) in [6.45, 7) is 8.75. The van der Waals surface area contributed by atoms with Crippen LogP contribution in [0.1, 0.15) is 31.5 Å². The first kappa shape index (κ1) is 16.0. The van der Waals surface area contributed by atoms with Crippen molar-refractivity contribution < 1.29 is 4.74 Å². The van der Waals surface area contributed by atoms with E-state index in [0.29, 0.717) is 12.6 Å². The second-order valence-electron chi connectivity index (χ2n) is 4.99. The molecule has 1 aromatic heterocycles. The number of aryl methyl sites for hydroxylation is 2. The van der Waals surface area contributed by atoms with Crippen LogP contribution >= 0.6 is 0 Å². The molecule has 5 heteroatoms. The van der Waals surface area contributed by atoms with Gasteiger partial charge in [-0.3, -0.25) is 4.68 Å². The van der Waals surface area contributed by atoms with E-state index in [4.69, 9.17) is 10.5 Å². The fourth-order valence-corrected chi connectivity index (χ4v) is 2.43. The smallest absolute Gasteiger partial charge is 0.130 e. The van der Waals surface area contributed by atoms with Crippen molar-refractivity contribution in [2.75, 3.05) is 31.7 Å². The van der Waals surface area contributed by atoms with Crippen LogP contribution in [0.4, 0.5) is 5.82 Å². The van der Waals surface area contributed by atoms with E-state index >= 15 is 0 Å². The molecule has 5 nitrogen and oxygen atoms in total. The molecule has 0 aliphatic heterocycles. The van der Waals surface area contributed by atoms with Gasteiger partial charge in [-0.2, -0.15) is 5.10 Å². The average Bonchev–Trinajstić information content (AvgIpc) is 2.66. The third-order valence-electron chi connectivity index (χ3n) is 3.64. The molecule has 0 amide bonds. The van der Waals surface area contributed by atoms with Gasteiger partial charge in [-0.1, -0.05) is 6.92 Å². The average molecular weight is 268 g/mol. The van der Waals surface area contributed by atoms with Crippen molar-refractivity contribution in [3.05, 3.63) is 11.3 Å². The van der Waals surface area contributed by atoms with E-state index in [0.717, 1.165) is 31.7 Å². The van der Waals surface area contributed by atoms with Crippen LogP contribution in [0.3, 0.4) is 0 Å². The normalized spacial score (nSPS) is 12.7. The van der Waals surface area contributed by atoms with Crippen LogP contribution in [0, 0.1) is 6.92 Å². The molecule has 1 aromatic rings. The van der Waals surface area contributed by atoms with Crippen molar-refractivity contribution in [2.24, 2.45) is 12.8 Å². The molecule has 19 heavy (non-hydrogen) atoms. The minimum atomic E-state index is 0.460. The molecule has 110 valence electrons. The standard InChI is InChI=1S/C14H28N4O/c1-6-11(2)18(9-10-19-5)14-13(7-8-15)12(3)16-17(14)4/h11H,6-10,15H2,1-5H3. The third kappa shape index (κ3) is 3.70. The second-order valence-corrected chi connectivity index (χ2v) is 4.99. The number of nitrogens with two attached hydrogens (primary N) is 1. The number of anilines is 1. The summed E-state index contributed by atoms with van der Waals surface area (Å²) in [4.78, 5) is 2.38. The zero-order valence-corrected chi connectivity index (χ0v) is 12.9. The van der Waals surface area contributed by atoms with Gasteiger partial charge >= 0.3 is 0 Å². The van der Waals surface area contributed by atoms with Gasteiger partial charge < -0.3 is 15.4 Å². The van der Waals surface area contributed by atoms with E-state index in [9.17, 15) is 0 Å². The molecule has 0 aromatic carbocycles. The molecule has 0 spiro atoms. The molecule has 0 radical (unpaired) electrons. The Labute approximate surface area is 116 Å². The largest absolute Gasteiger partial charge is 0.383 e. The Morgan fingerprint density at radius 1 is 1.47 bits per heavy atom. The zero-order chi connectivity index (χ0) is 14.4. The number of rotatable bonds is 8. The van der Waals surface area contributed by atoms with Crippen molar-refractivity contribution in [1.82, 2.24) is 9.78 Å². The first-order valence-electron chi connectivity index (χ1n) is 7.04. The van der Waals surface area contributed by atoms with Crippen molar-refractivity contribution in [3.8, 4) is 0 Å². The monoisotopic (exact) mass is 268 g/mol. The van der Waals surface area contributed by atoms with Crippen LogP contribution in [0.25, 0.3) is 0 Å². The van der Waals surface area contributed by atoms with Crippen molar-refractivity contribution >= 4 is 5.82 Å². The van der Waals surface area contributed by atoms with Crippen LogP contribution in [-0.2, 0) is 18.2 Å². The summed E-state index contributed by atoms with van der Waals surface area (Å²) in [6.07, 6.45) is 1.96. The Morgan fingerprint density at radius 3 is 2.68 bits per heavy atom. The summed E-state index contributed by atoms with van der Waals surface area (Å²) < 4.78 is 7.21. The van der Waals surface area contributed by atoms with E-state index in [1.165, 1.54) is 11.4 Å². The Balaban J connectivity index is 3.12. The lowest BCUT2D eigenvalue weighted by molar-refractivity contribution is 0.203. The summed E-state index contributed by atoms with van der Waals surface area (Å²) >= 11 is 0. The zero-order valence-electron chi connectivity index (χ0n) is 12.9. The number of aromatic nitrogens is 2. The van der Waals surface area contributed by atoms with Gasteiger partial charge in [0.15, 0.2) is 0 Å². The fourth-order valence-electron chi connectivity index (χ4n) is 2.43. The van der Waals surface area contributed by atoms with Gasteiger partial charge in [0.1, 0.15) is 5.82 Å². The van der Waals surface area contributed by atoms with Crippen LogP contribution in [0.15, 0.2) is 0 Å². The summed E-state index contributed by atoms with van der Waals surface area (Å²) in [5.74, 6) is 1.19. The number of methoxy groups -OCH3 is 1. The van der Waals surface area contributed by atoms with Crippen LogP contribution < -0.4 is 10.6 Å². The highest BCUT2D eigenvalue weighted by Gasteiger charge is 2.21. The number of hydrogen-bond donors (Lipinski definition) is 1. The predicted molar refractivity (Wildman–Crippen MR) is 79.7 cm³/mol. The minimum Gasteiger partial charge on any atom is -0.383 e. The first-order chi connectivity index (χ1) is 9.06. The highest BCUT2D eigenvalue weighted by atomic mass is 16.5. The third-order valence-corrected chi connectivity index (χ3v) is 3.64. The summed E-state index contributed by atoms with van der Waals surface area (Å²) in [6, 6.07) is 0.460. The molecule has 1 rings (SSSR count).